The van der Waals surface area contributed by atoms with Gasteiger partial charge in [-0.15, -0.1) is 0 Å². The molecule has 2 heterocycles. The van der Waals surface area contributed by atoms with Crippen LogP contribution < -0.4 is 15.8 Å². The van der Waals surface area contributed by atoms with Gasteiger partial charge in [0.05, 0.1) is 35.7 Å². The Labute approximate surface area is 172 Å². The van der Waals surface area contributed by atoms with Crippen LogP contribution in [0.25, 0.3) is 0 Å². The molecule has 0 bridgehead atoms. The van der Waals surface area contributed by atoms with E-state index in [2.05, 4.69) is 21.9 Å². The van der Waals surface area contributed by atoms with E-state index in [1.807, 2.05) is 0 Å². The van der Waals surface area contributed by atoms with Crippen molar-refractivity contribution in [1.82, 2.24) is 9.88 Å². The van der Waals surface area contributed by atoms with Crippen LogP contribution in [-0.2, 0) is 4.79 Å². The van der Waals surface area contributed by atoms with Crippen molar-refractivity contribution in [3.63, 3.8) is 0 Å². The zero-order chi connectivity index (χ0) is 20.3. The number of hydrogen-bond acceptors (Lipinski definition) is 5. The Bertz CT molecular complexity index is 942. The zero-order valence-corrected chi connectivity index (χ0v) is 16.7. The third kappa shape index (κ3) is 4.37. The third-order valence-corrected chi connectivity index (χ3v) is 4.73. The molecule has 1 aliphatic heterocycles. The number of aliphatic imine (C=N–C) groups is 1. The highest BCUT2D eigenvalue weighted by Crippen LogP contribution is 2.29. The summed E-state index contributed by atoms with van der Waals surface area (Å²) in [5.74, 6) is 0.526. The Morgan fingerprint density at radius 1 is 1.43 bits per heavy atom. The molecule has 1 saturated heterocycles. The van der Waals surface area contributed by atoms with Gasteiger partial charge in [0.1, 0.15) is 11.9 Å². The number of nitrogens with two attached hydrogens (primary N) is 1. The first kappa shape index (κ1) is 20.0. The first-order chi connectivity index (χ1) is 13.4. The van der Waals surface area contributed by atoms with E-state index >= 15 is 0 Å². The van der Waals surface area contributed by atoms with Gasteiger partial charge in [-0.2, -0.15) is 0 Å². The summed E-state index contributed by atoms with van der Waals surface area (Å²) in [6.45, 7) is 4.44. The molecule has 3 rings (SSSR count). The molecule has 3 N–H and O–H groups in total. The molecule has 9 heteroatoms. The van der Waals surface area contributed by atoms with Crippen LogP contribution in [-0.4, -0.2) is 47.9 Å². The Morgan fingerprint density at radius 2 is 2.18 bits per heavy atom. The summed E-state index contributed by atoms with van der Waals surface area (Å²) in [7, 11) is 1.76. The van der Waals surface area contributed by atoms with Crippen molar-refractivity contribution in [2.75, 3.05) is 25.5 Å². The molecule has 1 fully saturated rings. The summed E-state index contributed by atoms with van der Waals surface area (Å²) in [6.07, 6.45) is 2.77. The van der Waals surface area contributed by atoms with E-state index in [4.69, 9.17) is 33.7 Å². The van der Waals surface area contributed by atoms with Crippen LogP contribution in [0.15, 0.2) is 48.1 Å². The summed E-state index contributed by atoms with van der Waals surface area (Å²) in [6, 6.07) is 6.68. The largest absolute Gasteiger partial charge is 0.471 e. The lowest BCUT2D eigenvalue weighted by molar-refractivity contribution is -0.134. The zero-order valence-electron chi connectivity index (χ0n) is 15.2. The minimum Gasteiger partial charge on any atom is -0.471 e. The van der Waals surface area contributed by atoms with Gasteiger partial charge >= 0.3 is 0 Å². The van der Waals surface area contributed by atoms with Gasteiger partial charge in [0.25, 0.3) is 0 Å². The Balaban J connectivity index is 1.80. The fraction of sp³-hybridized carbons (Fsp3) is 0.211. The average molecular weight is 420 g/mol. The third-order valence-electron chi connectivity index (χ3n) is 4.20. The number of carbonyl (C=O) groups is 1. The number of benzene rings is 1. The number of amidine groups is 1. The van der Waals surface area contributed by atoms with Crippen LogP contribution >= 0.6 is 23.2 Å². The molecule has 0 spiro atoms. The molecular weight excluding hydrogens is 401 g/mol. The fourth-order valence-corrected chi connectivity index (χ4v) is 3.12. The van der Waals surface area contributed by atoms with Crippen molar-refractivity contribution in [1.29, 1.82) is 0 Å². The molecule has 0 saturated carbocycles. The van der Waals surface area contributed by atoms with E-state index in [9.17, 15) is 4.79 Å². The van der Waals surface area contributed by atoms with Crippen molar-refractivity contribution < 1.29 is 9.53 Å². The lowest BCUT2D eigenvalue weighted by atomic mass is 10.1. The van der Waals surface area contributed by atoms with E-state index < -0.39 is 0 Å². The minimum absolute atomic E-state index is 0.116. The monoisotopic (exact) mass is 419 g/mol. The Morgan fingerprint density at radius 3 is 2.82 bits per heavy atom. The van der Waals surface area contributed by atoms with Gasteiger partial charge in [-0.25, -0.2) is 9.98 Å². The SMILES string of the molecule is C=CC(=O)N1CC(Oc2cc(C(N)=Nc3ccc(Cl)cc3Cl)c(NC)cn2)C1. The summed E-state index contributed by atoms with van der Waals surface area (Å²) in [5, 5.41) is 3.94. The van der Waals surface area contributed by atoms with E-state index in [0.717, 1.165) is 0 Å². The number of nitrogens with zero attached hydrogens (tertiary/aromatic N) is 3. The summed E-state index contributed by atoms with van der Waals surface area (Å²) in [4.78, 5) is 21.8. The molecule has 146 valence electrons. The summed E-state index contributed by atoms with van der Waals surface area (Å²) >= 11 is 12.1. The molecule has 1 aliphatic rings. The van der Waals surface area contributed by atoms with Gasteiger partial charge in [0.15, 0.2) is 0 Å². The van der Waals surface area contributed by atoms with Gasteiger partial charge < -0.3 is 20.7 Å². The van der Waals surface area contributed by atoms with Crippen molar-refractivity contribution in [2.24, 2.45) is 10.7 Å². The second kappa shape index (κ2) is 8.50. The number of ether oxygens (including phenoxy) is 1. The fourth-order valence-electron chi connectivity index (χ4n) is 2.67. The minimum atomic E-state index is -0.131. The van der Waals surface area contributed by atoms with Crippen molar-refractivity contribution in [3.05, 3.63) is 58.7 Å². The maximum absolute atomic E-state index is 11.5. The van der Waals surface area contributed by atoms with E-state index in [1.54, 1.807) is 42.4 Å². The van der Waals surface area contributed by atoms with Crippen LogP contribution in [0.2, 0.25) is 10.0 Å². The number of halogens is 2. The van der Waals surface area contributed by atoms with Gasteiger partial charge in [0, 0.05) is 23.7 Å². The number of aromatic nitrogens is 1. The Kier molecular flexibility index (Phi) is 6.06. The number of hydrogen-bond donors (Lipinski definition) is 2. The number of nitrogens with one attached hydrogen (secondary N) is 1. The number of anilines is 1. The van der Waals surface area contributed by atoms with E-state index in [-0.39, 0.29) is 17.8 Å². The molecule has 1 aromatic heterocycles. The van der Waals surface area contributed by atoms with Gasteiger partial charge in [-0.3, -0.25) is 4.79 Å². The second-order valence-corrected chi connectivity index (χ2v) is 6.94. The first-order valence-corrected chi connectivity index (χ1v) is 9.22. The molecule has 0 atom stereocenters. The molecule has 0 aliphatic carbocycles. The van der Waals surface area contributed by atoms with Crippen LogP contribution in [0.5, 0.6) is 5.88 Å². The van der Waals surface area contributed by atoms with Crippen molar-refractivity contribution >= 4 is 46.3 Å². The highest BCUT2D eigenvalue weighted by Gasteiger charge is 2.31. The molecular formula is C19H19Cl2N5O2. The Hall–Kier alpha value is -2.77. The molecule has 1 amide bonds. The molecule has 1 aromatic carbocycles. The molecule has 0 radical (unpaired) electrons. The van der Waals surface area contributed by atoms with Gasteiger partial charge in [-0.1, -0.05) is 29.8 Å². The quantitative estimate of drug-likeness (QED) is 0.425. The predicted octanol–water partition coefficient (Wildman–Crippen LogP) is 3.24. The van der Waals surface area contributed by atoms with Gasteiger partial charge in [0.2, 0.25) is 11.8 Å². The van der Waals surface area contributed by atoms with Crippen molar-refractivity contribution in [3.8, 4) is 5.88 Å². The number of pyridine rings is 1. The lowest BCUT2D eigenvalue weighted by Crippen LogP contribution is -2.55. The normalized spacial score (nSPS) is 14.4. The molecule has 28 heavy (non-hydrogen) atoms. The molecule has 0 unspecified atom stereocenters. The summed E-state index contributed by atoms with van der Waals surface area (Å²) < 4.78 is 5.83. The number of carbonyl (C=O) groups excluding carboxylic acids is 1. The average Bonchev–Trinajstić information content (AvgIpc) is 2.65. The summed E-state index contributed by atoms with van der Waals surface area (Å²) in [5.41, 5.74) is 8.02. The maximum atomic E-state index is 11.5. The molecule has 7 nitrogen and oxygen atoms in total. The highest BCUT2D eigenvalue weighted by atomic mass is 35.5. The van der Waals surface area contributed by atoms with Gasteiger partial charge in [-0.05, 0) is 24.3 Å². The topological polar surface area (TPSA) is 92.8 Å². The predicted molar refractivity (Wildman–Crippen MR) is 112 cm³/mol. The second-order valence-electron chi connectivity index (χ2n) is 6.10. The van der Waals surface area contributed by atoms with Crippen LogP contribution in [0.1, 0.15) is 5.56 Å². The van der Waals surface area contributed by atoms with E-state index in [1.165, 1.54) is 6.08 Å². The maximum Gasteiger partial charge on any atom is 0.246 e. The standard InChI is InChI=1S/C19H19Cl2N5O2/c1-3-18(27)26-9-12(10-26)28-17-7-13(16(23-2)8-24-17)19(22)25-15-5-4-11(20)6-14(15)21/h3-8,12,23H,1,9-10H2,2H3,(H2,22,25). The molecule has 2 aromatic rings. The smallest absolute Gasteiger partial charge is 0.246 e. The highest BCUT2D eigenvalue weighted by molar-refractivity contribution is 6.36. The van der Waals surface area contributed by atoms with Crippen LogP contribution in [0, 0.1) is 0 Å². The number of rotatable bonds is 6. The lowest BCUT2D eigenvalue weighted by Gasteiger charge is -2.38. The van der Waals surface area contributed by atoms with Crippen LogP contribution in [0.4, 0.5) is 11.4 Å². The first-order valence-electron chi connectivity index (χ1n) is 8.46. The number of amides is 1. The van der Waals surface area contributed by atoms with Crippen molar-refractivity contribution in [2.45, 2.75) is 6.10 Å². The van der Waals surface area contributed by atoms with E-state index in [0.29, 0.717) is 46.0 Å². The van der Waals surface area contributed by atoms with Crippen LogP contribution in [0.3, 0.4) is 0 Å². The number of likely N-dealkylation sites (tertiary alicyclic amines) is 1.